The van der Waals surface area contributed by atoms with Crippen LogP contribution in [0, 0.1) is 0 Å². The average molecular weight is 441 g/mol. The lowest BCUT2D eigenvalue weighted by Gasteiger charge is -2.04. The Labute approximate surface area is 170 Å². The van der Waals surface area contributed by atoms with E-state index in [-0.39, 0.29) is 5.75 Å². The van der Waals surface area contributed by atoms with Gasteiger partial charge in [-0.3, -0.25) is 4.79 Å². The van der Waals surface area contributed by atoms with Crippen LogP contribution in [0.25, 0.3) is 11.3 Å². The molecule has 0 aliphatic heterocycles. The highest BCUT2D eigenvalue weighted by atomic mass is 35.5. The summed E-state index contributed by atoms with van der Waals surface area (Å²) in [7, 11) is -3.58. The van der Waals surface area contributed by atoms with Gasteiger partial charge in [-0.15, -0.1) is 11.3 Å². The second-order valence-corrected chi connectivity index (χ2v) is 9.47. The number of halogens is 2. The summed E-state index contributed by atoms with van der Waals surface area (Å²) in [6, 6.07) is 13.8. The van der Waals surface area contributed by atoms with Gasteiger partial charge >= 0.3 is 0 Å². The number of hydrogen-bond acceptors (Lipinski definition) is 5. The van der Waals surface area contributed by atoms with Gasteiger partial charge in [-0.1, -0.05) is 59.6 Å². The number of sulfone groups is 1. The fourth-order valence-corrected chi connectivity index (χ4v) is 4.66. The van der Waals surface area contributed by atoms with Gasteiger partial charge in [0.1, 0.15) is 5.75 Å². The summed E-state index contributed by atoms with van der Waals surface area (Å²) in [6.07, 6.45) is 0. The van der Waals surface area contributed by atoms with E-state index in [1.807, 2.05) is 0 Å². The normalized spacial score (nSPS) is 11.3. The van der Waals surface area contributed by atoms with Gasteiger partial charge in [0.15, 0.2) is 15.0 Å². The van der Waals surface area contributed by atoms with Crippen LogP contribution >= 0.6 is 34.5 Å². The van der Waals surface area contributed by atoms with E-state index >= 15 is 0 Å². The molecule has 1 amide bonds. The molecular weight excluding hydrogens is 427 g/mol. The van der Waals surface area contributed by atoms with Gasteiger partial charge in [0.25, 0.3) is 0 Å². The molecule has 0 unspecified atom stereocenters. The van der Waals surface area contributed by atoms with Crippen molar-refractivity contribution in [1.82, 2.24) is 4.98 Å². The van der Waals surface area contributed by atoms with E-state index in [0.717, 1.165) is 5.56 Å². The first-order valence-electron chi connectivity index (χ1n) is 7.77. The highest BCUT2D eigenvalue weighted by molar-refractivity contribution is 7.91. The third-order valence-electron chi connectivity index (χ3n) is 3.55. The summed E-state index contributed by atoms with van der Waals surface area (Å²) < 4.78 is 24.4. The maximum absolute atomic E-state index is 12.2. The van der Waals surface area contributed by atoms with Crippen molar-refractivity contribution in [3.8, 4) is 11.3 Å². The number of amides is 1. The predicted octanol–water partition coefficient (Wildman–Crippen LogP) is 4.67. The summed E-state index contributed by atoms with van der Waals surface area (Å²) in [5.74, 6) is -1.42. The van der Waals surface area contributed by atoms with E-state index in [4.69, 9.17) is 23.2 Å². The molecule has 0 aliphatic carbocycles. The Hall–Kier alpha value is -1.93. The van der Waals surface area contributed by atoms with E-state index in [2.05, 4.69) is 10.3 Å². The molecule has 140 valence electrons. The third-order valence-corrected chi connectivity index (χ3v) is 6.52. The fraction of sp³-hybridized carbons (Fsp3) is 0.111. The zero-order chi connectivity index (χ0) is 19.4. The molecule has 27 heavy (non-hydrogen) atoms. The van der Waals surface area contributed by atoms with Crippen LogP contribution in [-0.4, -0.2) is 25.1 Å². The van der Waals surface area contributed by atoms with Crippen molar-refractivity contribution in [2.24, 2.45) is 0 Å². The van der Waals surface area contributed by atoms with E-state index in [1.54, 1.807) is 53.9 Å². The Morgan fingerprint density at radius 3 is 2.52 bits per heavy atom. The quantitative estimate of drug-likeness (QED) is 0.603. The monoisotopic (exact) mass is 440 g/mol. The van der Waals surface area contributed by atoms with Crippen LogP contribution in [0.15, 0.2) is 53.9 Å². The van der Waals surface area contributed by atoms with Crippen molar-refractivity contribution < 1.29 is 13.2 Å². The van der Waals surface area contributed by atoms with E-state index in [0.29, 0.717) is 26.4 Å². The summed E-state index contributed by atoms with van der Waals surface area (Å²) >= 11 is 13.1. The second-order valence-electron chi connectivity index (χ2n) is 5.73. The lowest BCUT2D eigenvalue weighted by atomic mass is 10.2. The molecule has 9 heteroatoms. The summed E-state index contributed by atoms with van der Waals surface area (Å²) in [6.45, 7) is 0. The Bertz CT molecular complexity index is 1070. The Morgan fingerprint density at radius 2 is 1.81 bits per heavy atom. The topological polar surface area (TPSA) is 76.1 Å². The maximum atomic E-state index is 12.2. The second kappa shape index (κ2) is 8.39. The molecule has 0 saturated carbocycles. The molecule has 0 spiro atoms. The smallest absolute Gasteiger partial charge is 0.241 e. The van der Waals surface area contributed by atoms with Crippen molar-refractivity contribution in [3.63, 3.8) is 0 Å². The van der Waals surface area contributed by atoms with Crippen LogP contribution in [0.1, 0.15) is 5.56 Å². The highest BCUT2D eigenvalue weighted by Crippen LogP contribution is 2.30. The first kappa shape index (κ1) is 19.8. The van der Waals surface area contributed by atoms with E-state index in [1.165, 1.54) is 11.3 Å². The minimum absolute atomic E-state index is 0.187. The molecule has 0 saturated heterocycles. The minimum Gasteiger partial charge on any atom is -0.301 e. The number of aromatic nitrogens is 1. The number of rotatable bonds is 6. The van der Waals surface area contributed by atoms with Crippen LogP contribution < -0.4 is 5.32 Å². The van der Waals surface area contributed by atoms with Crippen LogP contribution in [0.4, 0.5) is 5.13 Å². The van der Waals surface area contributed by atoms with Gasteiger partial charge in [-0.05, 0) is 17.7 Å². The molecule has 5 nitrogen and oxygen atoms in total. The zero-order valence-electron chi connectivity index (χ0n) is 13.9. The standard InChI is InChI=1S/C18H14Cl2N2O3S2/c19-14-7-6-13(8-15(14)20)16-9-26-18(21-16)22-17(23)11-27(24,25)10-12-4-2-1-3-5-12/h1-9H,10-11H2,(H,21,22,23). The SMILES string of the molecule is O=C(CS(=O)(=O)Cc1ccccc1)Nc1nc(-c2ccc(Cl)c(Cl)c2)cs1. The summed E-state index contributed by atoms with van der Waals surface area (Å²) in [4.78, 5) is 16.4. The first-order chi connectivity index (χ1) is 12.8. The molecule has 3 rings (SSSR count). The lowest BCUT2D eigenvalue weighted by molar-refractivity contribution is -0.113. The molecule has 3 aromatic rings. The van der Waals surface area contributed by atoms with Crippen molar-refractivity contribution in [1.29, 1.82) is 0 Å². The number of carbonyl (C=O) groups is 1. The number of benzene rings is 2. The van der Waals surface area contributed by atoms with Crippen LogP contribution in [-0.2, 0) is 20.4 Å². The molecule has 2 aromatic carbocycles. The molecule has 0 bridgehead atoms. The summed E-state index contributed by atoms with van der Waals surface area (Å²) in [5.41, 5.74) is 2.00. The van der Waals surface area contributed by atoms with Gasteiger partial charge in [0.2, 0.25) is 5.91 Å². The molecule has 0 atom stereocenters. The molecule has 1 aromatic heterocycles. The Balaban J connectivity index is 1.64. The number of nitrogens with zero attached hydrogens (tertiary/aromatic N) is 1. The van der Waals surface area contributed by atoms with Crippen molar-refractivity contribution in [3.05, 3.63) is 69.5 Å². The highest BCUT2D eigenvalue weighted by Gasteiger charge is 2.18. The Morgan fingerprint density at radius 1 is 1.07 bits per heavy atom. The van der Waals surface area contributed by atoms with Gasteiger partial charge in [0, 0.05) is 10.9 Å². The minimum atomic E-state index is -3.58. The maximum Gasteiger partial charge on any atom is 0.241 e. The van der Waals surface area contributed by atoms with Crippen LogP contribution in [0.2, 0.25) is 10.0 Å². The van der Waals surface area contributed by atoms with Crippen molar-refractivity contribution in [2.75, 3.05) is 11.1 Å². The Kier molecular flexibility index (Phi) is 6.16. The van der Waals surface area contributed by atoms with Gasteiger partial charge in [0.05, 0.1) is 21.5 Å². The van der Waals surface area contributed by atoms with Crippen molar-refractivity contribution >= 4 is 55.4 Å². The molecule has 1 N–H and O–H groups in total. The largest absolute Gasteiger partial charge is 0.301 e. The number of thiazole rings is 1. The number of carbonyl (C=O) groups excluding carboxylic acids is 1. The van der Waals surface area contributed by atoms with Gasteiger partial charge < -0.3 is 5.32 Å². The van der Waals surface area contributed by atoms with Gasteiger partial charge in [-0.25, -0.2) is 13.4 Å². The third kappa shape index (κ3) is 5.52. The number of nitrogens with one attached hydrogen (secondary N) is 1. The number of anilines is 1. The zero-order valence-corrected chi connectivity index (χ0v) is 17.0. The van der Waals surface area contributed by atoms with Crippen LogP contribution in [0.5, 0.6) is 0 Å². The first-order valence-corrected chi connectivity index (χ1v) is 11.2. The lowest BCUT2D eigenvalue weighted by Crippen LogP contribution is -2.23. The van der Waals surface area contributed by atoms with Gasteiger partial charge in [-0.2, -0.15) is 0 Å². The molecule has 0 aliphatic rings. The molecule has 1 heterocycles. The molecule has 0 radical (unpaired) electrons. The van der Waals surface area contributed by atoms with E-state index < -0.39 is 21.5 Å². The van der Waals surface area contributed by atoms with Crippen molar-refractivity contribution in [2.45, 2.75) is 5.75 Å². The molecule has 0 fully saturated rings. The number of hydrogen-bond donors (Lipinski definition) is 1. The fourth-order valence-electron chi connectivity index (χ4n) is 2.35. The predicted molar refractivity (Wildman–Crippen MR) is 110 cm³/mol. The van der Waals surface area contributed by atoms with E-state index in [9.17, 15) is 13.2 Å². The average Bonchev–Trinajstić information content (AvgIpc) is 3.05. The summed E-state index contributed by atoms with van der Waals surface area (Å²) in [5, 5.41) is 5.43. The van der Waals surface area contributed by atoms with Crippen LogP contribution in [0.3, 0.4) is 0 Å². The molecular formula is C18H14Cl2N2O3S2.